The van der Waals surface area contributed by atoms with Crippen molar-refractivity contribution in [1.82, 2.24) is 25.5 Å². The third kappa shape index (κ3) is 14.1. The van der Waals surface area contributed by atoms with Gasteiger partial charge in [0, 0.05) is 18.2 Å². The van der Waals surface area contributed by atoms with Crippen LogP contribution in [0, 0.1) is 11.3 Å². The summed E-state index contributed by atoms with van der Waals surface area (Å²) in [6.45, 7) is 7.14. The summed E-state index contributed by atoms with van der Waals surface area (Å²) in [6, 6.07) is 21.0. The maximum atomic E-state index is 13.3. The van der Waals surface area contributed by atoms with Crippen molar-refractivity contribution >= 4 is 57.5 Å². The highest BCUT2D eigenvalue weighted by atomic mass is 35.5. The van der Waals surface area contributed by atoms with Gasteiger partial charge in [-0.05, 0) is 111 Å². The van der Waals surface area contributed by atoms with Crippen LogP contribution in [0.25, 0.3) is 10.8 Å². The number of hydrogen-bond donors (Lipinski definition) is 6. The van der Waals surface area contributed by atoms with Crippen LogP contribution in [0.15, 0.2) is 60.7 Å². The molecule has 4 aromatic rings. The first-order valence-electron chi connectivity index (χ1n) is 19.9. The molecule has 0 aliphatic carbocycles. The van der Waals surface area contributed by atoms with Gasteiger partial charge < -0.3 is 27.0 Å². The maximum absolute atomic E-state index is 13.3. The number of unbranched alkanes of at least 4 members (excludes halogenated alkanes) is 7. The van der Waals surface area contributed by atoms with Gasteiger partial charge in [-0.15, -0.1) is 0 Å². The summed E-state index contributed by atoms with van der Waals surface area (Å²) in [5.41, 5.74) is 15.6. The molecule has 12 heteroatoms. The van der Waals surface area contributed by atoms with Crippen LogP contribution >= 0.6 is 11.6 Å². The summed E-state index contributed by atoms with van der Waals surface area (Å²) in [5, 5.41) is 18.7. The fourth-order valence-electron chi connectivity index (χ4n) is 6.73. The van der Waals surface area contributed by atoms with Crippen molar-refractivity contribution in [3.8, 4) is 0 Å². The number of carbonyl (C=O) groups excluding carboxylic acids is 2. The molecule has 1 heterocycles. The number of nitrogens with one attached hydrogen (secondary N) is 4. The van der Waals surface area contributed by atoms with Gasteiger partial charge in [-0.1, -0.05) is 106 Å². The normalized spacial score (nSPS) is 11.8. The average molecular weight is 770 g/mol. The van der Waals surface area contributed by atoms with Crippen molar-refractivity contribution < 1.29 is 9.59 Å². The van der Waals surface area contributed by atoms with E-state index in [4.69, 9.17) is 28.5 Å². The molecule has 2 amide bonds. The quantitative estimate of drug-likeness (QED) is 0.0264. The van der Waals surface area contributed by atoms with E-state index < -0.39 is 5.91 Å². The van der Waals surface area contributed by atoms with Gasteiger partial charge in [0.2, 0.25) is 5.91 Å². The molecule has 0 aliphatic rings. The van der Waals surface area contributed by atoms with E-state index in [0.29, 0.717) is 13.0 Å². The second-order valence-corrected chi connectivity index (χ2v) is 15.0. The minimum atomic E-state index is -0.699. The third-order valence-electron chi connectivity index (χ3n) is 9.98. The zero-order valence-corrected chi connectivity index (χ0v) is 33.6. The van der Waals surface area contributed by atoms with E-state index >= 15 is 0 Å². The van der Waals surface area contributed by atoms with Gasteiger partial charge in [0.1, 0.15) is 0 Å². The number of guanidine groups is 1. The third-order valence-corrected chi connectivity index (χ3v) is 10.3. The van der Waals surface area contributed by atoms with Crippen molar-refractivity contribution in [2.45, 2.75) is 97.3 Å². The lowest BCUT2D eigenvalue weighted by molar-refractivity contribution is -0.119. The minimum absolute atomic E-state index is 0.0131. The Morgan fingerprint density at radius 1 is 0.800 bits per heavy atom. The number of halogens is 1. The van der Waals surface area contributed by atoms with Gasteiger partial charge in [-0.25, -0.2) is 9.97 Å². The van der Waals surface area contributed by atoms with E-state index in [1.165, 1.54) is 81.0 Å². The zero-order chi connectivity index (χ0) is 39.6. The Morgan fingerprint density at radius 3 is 2.15 bits per heavy atom. The van der Waals surface area contributed by atoms with Gasteiger partial charge in [-0.2, -0.15) is 0 Å². The van der Waals surface area contributed by atoms with Crippen LogP contribution in [-0.2, 0) is 24.1 Å². The van der Waals surface area contributed by atoms with Crippen LogP contribution in [0.3, 0.4) is 0 Å². The molecule has 0 unspecified atom stereocenters. The molecule has 296 valence electrons. The number of rotatable bonds is 22. The molecule has 0 saturated carbocycles. The van der Waals surface area contributed by atoms with Crippen LogP contribution in [0.5, 0.6) is 0 Å². The molecule has 0 spiro atoms. The predicted octanol–water partition coefficient (Wildman–Crippen LogP) is 8.16. The lowest BCUT2D eigenvalue weighted by Gasteiger charge is -2.16. The monoisotopic (exact) mass is 769 g/mol. The highest BCUT2D eigenvalue weighted by Gasteiger charge is 2.18. The van der Waals surface area contributed by atoms with Crippen molar-refractivity contribution in [3.05, 3.63) is 88.2 Å². The zero-order valence-electron chi connectivity index (χ0n) is 32.9. The first kappa shape index (κ1) is 43.0. The van der Waals surface area contributed by atoms with Crippen molar-refractivity contribution in [2.24, 2.45) is 5.92 Å². The van der Waals surface area contributed by atoms with Crippen molar-refractivity contribution in [3.63, 3.8) is 0 Å². The van der Waals surface area contributed by atoms with Crippen LogP contribution in [-0.4, -0.2) is 59.3 Å². The summed E-state index contributed by atoms with van der Waals surface area (Å²) in [5.74, 6) is -1.30. The highest BCUT2D eigenvalue weighted by molar-refractivity contribution is 6.31. The number of amides is 2. The molecule has 0 aliphatic heterocycles. The van der Waals surface area contributed by atoms with E-state index in [1.54, 1.807) is 0 Å². The Morgan fingerprint density at radius 2 is 1.44 bits per heavy atom. The Balaban J connectivity index is 1.17. The highest BCUT2D eigenvalue weighted by Crippen LogP contribution is 2.27. The number of hydrogen-bond acceptors (Lipinski definition) is 8. The van der Waals surface area contributed by atoms with Crippen LogP contribution in [0.1, 0.15) is 105 Å². The van der Waals surface area contributed by atoms with Gasteiger partial charge in [-0.3, -0.25) is 20.3 Å². The number of benzene rings is 3. The standard InChI is InChI=1S/C43H60ClN9O2/c1-4-5-6-14-27-53(3)28-15-8-7-9-16-31-20-24-34(25-21-31)49-41(54)30(2)29-33-23-22-32(35-18-10-11-19-36(33)35)17-12-13-26-48-43(47)52-42(55)37-39(45)51-40(46)38(44)50-37/h10-11,18-25,30H,4-9,12-17,26-29H2,1-3H3,(H,49,54)(H4,45,46,51)(H3,47,48,52,55)/t30-/m0/s1. The molecule has 4 rings (SSSR count). The summed E-state index contributed by atoms with van der Waals surface area (Å²) >= 11 is 5.86. The molecular weight excluding hydrogens is 710 g/mol. The topological polar surface area (TPSA) is 175 Å². The molecule has 1 aromatic heterocycles. The van der Waals surface area contributed by atoms with Crippen molar-refractivity contribution in [1.29, 1.82) is 5.41 Å². The second kappa shape index (κ2) is 22.6. The van der Waals surface area contributed by atoms with Crippen molar-refractivity contribution in [2.75, 3.05) is 43.5 Å². The number of nitrogens with zero attached hydrogens (tertiary/aromatic N) is 3. The van der Waals surface area contributed by atoms with Crippen LogP contribution < -0.4 is 27.4 Å². The lowest BCUT2D eigenvalue weighted by atomic mass is 9.91. The predicted molar refractivity (Wildman–Crippen MR) is 228 cm³/mol. The van der Waals surface area contributed by atoms with E-state index in [0.717, 1.165) is 42.3 Å². The Hall–Kier alpha value is -4.74. The number of carbonyl (C=O) groups is 2. The number of nitrogen functional groups attached to an aromatic ring is 2. The summed E-state index contributed by atoms with van der Waals surface area (Å²) in [7, 11) is 2.25. The first-order chi connectivity index (χ1) is 26.5. The van der Waals surface area contributed by atoms with Crippen LogP contribution in [0.2, 0.25) is 5.15 Å². The summed E-state index contributed by atoms with van der Waals surface area (Å²) < 4.78 is 0. The average Bonchev–Trinajstić information content (AvgIpc) is 3.17. The molecule has 1 atom stereocenters. The molecule has 0 radical (unpaired) electrons. The SMILES string of the molecule is CCCCCCN(C)CCCCCCc1ccc(NC(=O)[C@@H](C)Cc2ccc(CCCCNC(=N)NC(=O)c3nc(Cl)c(N)nc3N)c3ccccc23)cc1. The van der Waals surface area contributed by atoms with Gasteiger partial charge in [0.15, 0.2) is 28.4 Å². The van der Waals surface area contributed by atoms with E-state index in [2.05, 4.69) is 81.2 Å². The van der Waals surface area contributed by atoms with E-state index in [1.807, 2.05) is 31.2 Å². The first-order valence-corrected chi connectivity index (χ1v) is 20.2. The Bertz CT molecular complexity index is 1850. The number of anilines is 3. The number of fused-ring (bicyclic) bond motifs is 1. The lowest BCUT2D eigenvalue weighted by Crippen LogP contribution is -2.41. The van der Waals surface area contributed by atoms with E-state index in [9.17, 15) is 9.59 Å². The molecular formula is C43H60ClN9O2. The van der Waals surface area contributed by atoms with Gasteiger partial charge in [0.05, 0.1) is 0 Å². The molecule has 11 nitrogen and oxygen atoms in total. The molecule has 0 saturated heterocycles. The fraction of sp³-hybridized carbons (Fsp3) is 0.465. The molecule has 8 N–H and O–H groups in total. The summed E-state index contributed by atoms with van der Waals surface area (Å²) in [4.78, 5) is 35.8. The molecule has 0 fully saturated rings. The smallest absolute Gasteiger partial charge is 0.280 e. The van der Waals surface area contributed by atoms with Crippen LogP contribution in [0.4, 0.5) is 17.3 Å². The molecule has 55 heavy (non-hydrogen) atoms. The number of aryl methyl sites for hydroxylation is 2. The molecule has 3 aromatic carbocycles. The number of nitrogens with two attached hydrogens (primary N) is 2. The fourth-order valence-corrected chi connectivity index (χ4v) is 6.85. The van der Waals surface area contributed by atoms with E-state index in [-0.39, 0.29) is 40.3 Å². The Kier molecular flexibility index (Phi) is 17.7. The Labute approximate surface area is 331 Å². The minimum Gasteiger partial charge on any atom is -0.382 e. The second-order valence-electron chi connectivity index (χ2n) is 14.6. The van der Waals surface area contributed by atoms with Gasteiger partial charge in [0.25, 0.3) is 5.91 Å². The molecule has 0 bridgehead atoms. The number of aromatic nitrogens is 2. The maximum Gasteiger partial charge on any atom is 0.280 e. The summed E-state index contributed by atoms with van der Waals surface area (Å²) in [6.07, 6.45) is 14.5. The largest absolute Gasteiger partial charge is 0.382 e. The van der Waals surface area contributed by atoms with Gasteiger partial charge >= 0.3 is 0 Å².